The maximum absolute atomic E-state index is 13.1. The van der Waals surface area contributed by atoms with Gasteiger partial charge in [0.1, 0.15) is 11.4 Å². The molecule has 9 heteroatoms. The molecule has 3 aromatic heterocycles. The fourth-order valence-corrected chi connectivity index (χ4v) is 3.48. The van der Waals surface area contributed by atoms with Crippen molar-refractivity contribution in [1.29, 1.82) is 0 Å². The van der Waals surface area contributed by atoms with Gasteiger partial charge < -0.3 is 4.90 Å². The monoisotopic (exact) mass is 383 g/mol. The summed E-state index contributed by atoms with van der Waals surface area (Å²) >= 11 is 1.32. The lowest BCUT2D eigenvalue weighted by Gasteiger charge is -2.17. The highest BCUT2D eigenvalue weighted by atomic mass is 32.1. The minimum atomic E-state index is -0.431. The van der Waals surface area contributed by atoms with Crippen molar-refractivity contribution in [3.63, 3.8) is 0 Å². The lowest BCUT2D eigenvalue weighted by molar-refractivity contribution is 0.0783. The van der Waals surface area contributed by atoms with E-state index in [9.17, 15) is 14.0 Å². The fourth-order valence-electron chi connectivity index (χ4n) is 2.80. The Hall–Kier alpha value is -3.33. The van der Waals surface area contributed by atoms with Crippen molar-refractivity contribution in [2.24, 2.45) is 0 Å². The molecule has 0 spiro atoms. The molecule has 136 valence electrons. The largest absolute Gasteiger partial charge is 0.337 e. The van der Waals surface area contributed by atoms with Crippen LogP contribution in [-0.4, -0.2) is 37.4 Å². The first-order valence-corrected chi connectivity index (χ1v) is 8.91. The molecule has 0 aliphatic carbocycles. The first-order valence-electron chi connectivity index (χ1n) is 8.03. The number of H-pyrrole nitrogens is 1. The number of aromatic nitrogens is 4. The molecule has 7 nitrogen and oxygen atoms in total. The highest BCUT2D eigenvalue weighted by Crippen LogP contribution is 2.22. The number of benzene rings is 1. The van der Waals surface area contributed by atoms with Crippen LogP contribution in [0.5, 0.6) is 0 Å². The second-order valence-electron chi connectivity index (χ2n) is 5.97. The molecule has 0 radical (unpaired) electrons. The lowest BCUT2D eigenvalue weighted by atomic mass is 10.1. The van der Waals surface area contributed by atoms with Crippen LogP contribution in [-0.2, 0) is 6.54 Å². The maximum atomic E-state index is 13.1. The molecule has 1 N–H and O–H groups in total. The molecule has 0 atom stereocenters. The fraction of sp³-hybridized carbons (Fsp3) is 0.111. The van der Waals surface area contributed by atoms with Crippen LogP contribution in [0.4, 0.5) is 4.39 Å². The summed E-state index contributed by atoms with van der Waals surface area (Å²) in [5.41, 5.74) is 1.80. The Morgan fingerprint density at radius 2 is 2.07 bits per heavy atom. The molecule has 1 aromatic carbocycles. The topological polar surface area (TPSA) is 83.4 Å². The zero-order valence-electron chi connectivity index (χ0n) is 14.2. The van der Waals surface area contributed by atoms with E-state index in [4.69, 9.17) is 0 Å². The predicted octanol–water partition coefficient (Wildman–Crippen LogP) is 2.56. The van der Waals surface area contributed by atoms with Crippen LogP contribution in [0.3, 0.4) is 0 Å². The molecule has 0 aliphatic rings. The summed E-state index contributed by atoms with van der Waals surface area (Å²) in [5, 5.41) is 8.63. The summed E-state index contributed by atoms with van der Waals surface area (Å²) in [4.78, 5) is 31.3. The zero-order chi connectivity index (χ0) is 19.0. The van der Waals surface area contributed by atoms with E-state index in [1.807, 2.05) is 0 Å². The number of hydrogen-bond acceptors (Lipinski definition) is 5. The summed E-state index contributed by atoms with van der Waals surface area (Å²) in [6.07, 6.45) is 4.51. The molecular weight excluding hydrogens is 369 g/mol. The van der Waals surface area contributed by atoms with Gasteiger partial charge >= 0.3 is 0 Å². The van der Waals surface area contributed by atoms with Gasteiger partial charge in [0, 0.05) is 42.5 Å². The Balaban J connectivity index is 1.61. The lowest BCUT2D eigenvalue weighted by Crippen LogP contribution is -2.32. The normalized spacial score (nSPS) is 11.0. The smallest absolute Gasteiger partial charge is 0.271 e. The number of carbonyl (C=O) groups excluding carboxylic acids is 1. The van der Waals surface area contributed by atoms with Gasteiger partial charge in [-0.2, -0.15) is 5.10 Å². The number of carbonyl (C=O) groups is 1. The van der Waals surface area contributed by atoms with Crippen LogP contribution in [0.15, 0.2) is 53.0 Å². The minimum Gasteiger partial charge on any atom is -0.337 e. The van der Waals surface area contributed by atoms with Crippen molar-refractivity contribution >= 4 is 22.2 Å². The molecule has 0 fully saturated rings. The van der Waals surface area contributed by atoms with Crippen LogP contribution in [0.1, 0.15) is 15.9 Å². The van der Waals surface area contributed by atoms with Gasteiger partial charge in [-0.25, -0.2) is 9.37 Å². The van der Waals surface area contributed by atoms with Crippen LogP contribution in [0, 0.1) is 5.82 Å². The molecule has 0 saturated heterocycles. The van der Waals surface area contributed by atoms with E-state index < -0.39 is 11.5 Å². The third kappa shape index (κ3) is 3.13. The highest BCUT2D eigenvalue weighted by Gasteiger charge is 2.20. The van der Waals surface area contributed by atoms with E-state index in [2.05, 4.69) is 15.2 Å². The first-order chi connectivity index (χ1) is 13.0. The highest BCUT2D eigenvalue weighted by molar-refractivity contribution is 7.15. The van der Waals surface area contributed by atoms with Crippen molar-refractivity contribution in [2.45, 2.75) is 6.54 Å². The molecule has 3 heterocycles. The van der Waals surface area contributed by atoms with Gasteiger partial charge in [0.25, 0.3) is 11.5 Å². The quantitative estimate of drug-likeness (QED) is 0.587. The minimum absolute atomic E-state index is 0.000210. The van der Waals surface area contributed by atoms with Gasteiger partial charge in [0.05, 0.1) is 11.9 Å². The molecule has 0 saturated carbocycles. The van der Waals surface area contributed by atoms with Crippen molar-refractivity contribution in [2.75, 3.05) is 7.05 Å². The second-order valence-corrected chi connectivity index (χ2v) is 6.84. The third-order valence-electron chi connectivity index (χ3n) is 4.18. The summed E-state index contributed by atoms with van der Waals surface area (Å²) in [6, 6.07) is 5.99. The number of amides is 1. The van der Waals surface area contributed by atoms with Gasteiger partial charge in [-0.1, -0.05) is 0 Å². The SMILES string of the molecule is CN(Cc1cn[nH]c1-c1ccc(F)cc1)C(=O)c1cnc2sccn2c1=O. The van der Waals surface area contributed by atoms with Crippen molar-refractivity contribution in [1.82, 2.24) is 24.5 Å². The van der Waals surface area contributed by atoms with Gasteiger partial charge in [-0.15, -0.1) is 11.3 Å². The van der Waals surface area contributed by atoms with Crippen LogP contribution >= 0.6 is 11.3 Å². The molecule has 4 aromatic rings. The summed E-state index contributed by atoms with van der Waals surface area (Å²) in [7, 11) is 1.60. The average Bonchev–Trinajstić information content (AvgIpc) is 3.32. The molecule has 1 amide bonds. The molecule has 0 bridgehead atoms. The van der Waals surface area contributed by atoms with Crippen molar-refractivity contribution in [3.8, 4) is 11.3 Å². The summed E-state index contributed by atoms with van der Waals surface area (Å²) in [5.74, 6) is -0.761. The molecular formula is C18H14FN5O2S. The number of fused-ring (bicyclic) bond motifs is 1. The Morgan fingerprint density at radius 3 is 2.85 bits per heavy atom. The van der Waals surface area contributed by atoms with Crippen LogP contribution < -0.4 is 5.56 Å². The number of hydrogen-bond donors (Lipinski definition) is 1. The number of halogens is 1. The maximum Gasteiger partial charge on any atom is 0.271 e. The van der Waals surface area contributed by atoms with Crippen LogP contribution in [0.2, 0.25) is 0 Å². The van der Waals surface area contributed by atoms with E-state index in [1.165, 1.54) is 39.0 Å². The Kier molecular flexibility index (Phi) is 4.28. The third-order valence-corrected chi connectivity index (χ3v) is 4.95. The van der Waals surface area contributed by atoms with Crippen molar-refractivity contribution in [3.05, 3.63) is 75.5 Å². The van der Waals surface area contributed by atoms with Gasteiger partial charge in [-0.05, 0) is 24.3 Å². The Morgan fingerprint density at radius 1 is 1.30 bits per heavy atom. The average molecular weight is 383 g/mol. The molecule has 27 heavy (non-hydrogen) atoms. The second kappa shape index (κ2) is 6.76. The summed E-state index contributed by atoms with van der Waals surface area (Å²) in [6.45, 7) is 0.230. The zero-order valence-corrected chi connectivity index (χ0v) is 15.0. The van der Waals surface area contributed by atoms with Gasteiger partial charge in [0.2, 0.25) is 0 Å². The van der Waals surface area contributed by atoms with Gasteiger partial charge in [-0.3, -0.25) is 19.1 Å². The molecule has 4 rings (SSSR count). The predicted molar refractivity (Wildman–Crippen MR) is 99.1 cm³/mol. The van der Waals surface area contributed by atoms with Gasteiger partial charge in [0.15, 0.2) is 4.96 Å². The van der Waals surface area contributed by atoms with E-state index >= 15 is 0 Å². The standard InChI is InChI=1S/C18H14FN5O2S/c1-23(16(25)14-9-20-18-24(17(14)26)6-7-27-18)10-12-8-21-22-15(12)11-2-4-13(19)5-3-11/h2-9H,10H2,1H3,(H,21,22). The number of rotatable bonds is 4. The first kappa shape index (κ1) is 17.1. The number of nitrogens with one attached hydrogen (secondary N) is 1. The van der Waals surface area contributed by atoms with E-state index in [-0.39, 0.29) is 17.9 Å². The van der Waals surface area contributed by atoms with Crippen LogP contribution in [0.25, 0.3) is 16.2 Å². The number of thiazole rings is 1. The summed E-state index contributed by atoms with van der Waals surface area (Å²) < 4.78 is 14.5. The number of nitrogens with zero attached hydrogens (tertiary/aromatic N) is 4. The Bertz CT molecular complexity index is 1180. The van der Waals surface area contributed by atoms with Crippen molar-refractivity contribution < 1.29 is 9.18 Å². The Labute approximate surface area is 156 Å². The molecule has 0 unspecified atom stereocenters. The van der Waals surface area contributed by atoms with E-state index in [0.29, 0.717) is 10.7 Å². The van der Waals surface area contributed by atoms with E-state index in [1.54, 1.807) is 37.0 Å². The molecule has 0 aliphatic heterocycles. The van der Waals surface area contributed by atoms with E-state index in [0.717, 1.165) is 11.1 Å². The number of aromatic amines is 1.